The number of hydrogen-bond donors (Lipinski definition) is 3. The molecule has 3 N–H and O–H groups in total. The lowest BCUT2D eigenvalue weighted by atomic mass is 9.96. The summed E-state index contributed by atoms with van der Waals surface area (Å²) < 4.78 is 0. The van der Waals surface area contributed by atoms with Gasteiger partial charge in [-0.2, -0.15) is 0 Å². The summed E-state index contributed by atoms with van der Waals surface area (Å²) in [6.07, 6.45) is 6.42. The number of guanidine groups is 1. The van der Waals surface area contributed by atoms with Crippen LogP contribution in [0.1, 0.15) is 59.8 Å². The summed E-state index contributed by atoms with van der Waals surface area (Å²) in [4.78, 5) is 16.3. The number of amides is 1. The summed E-state index contributed by atoms with van der Waals surface area (Å²) in [5.41, 5.74) is -0.339. The highest BCUT2D eigenvalue weighted by atomic mass is 127. The largest absolute Gasteiger partial charge is 0.357 e. The maximum atomic E-state index is 11.8. The molecule has 1 aliphatic rings. The second kappa shape index (κ2) is 11.1. The van der Waals surface area contributed by atoms with Gasteiger partial charge in [0.1, 0.15) is 0 Å². The lowest BCUT2D eigenvalue weighted by Crippen LogP contribution is -2.44. The van der Waals surface area contributed by atoms with Gasteiger partial charge in [0.25, 0.3) is 0 Å². The van der Waals surface area contributed by atoms with Crippen molar-refractivity contribution < 1.29 is 4.79 Å². The van der Waals surface area contributed by atoms with Crippen molar-refractivity contribution in [2.45, 2.75) is 65.8 Å². The molecule has 1 saturated carbocycles. The molecule has 0 aromatic rings. The summed E-state index contributed by atoms with van der Waals surface area (Å²) in [7, 11) is 0. The molecule has 22 heavy (non-hydrogen) atoms. The van der Waals surface area contributed by atoms with Crippen LogP contribution >= 0.6 is 24.0 Å². The van der Waals surface area contributed by atoms with Crippen molar-refractivity contribution in [3.63, 3.8) is 0 Å². The highest BCUT2D eigenvalue weighted by molar-refractivity contribution is 14.0. The lowest BCUT2D eigenvalue weighted by Gasteiger charge is -2.25. The van der Waals surface area contributed by atoms with E-state index >= 15 is 0 Å². The molecule has 0 unspecified atom stereocenters. The lowest BCUT2D eigenvalue weighted by molar-refractivity contribution is -0.128. The summed E-state index contributed by atoms with van der Waals surface area (Å²) in [5, 5.41) is 9.70. The predicted octanol–water partition coefficient (Wildman–Crippen LogP) is 2.65. The predicted molar refractivity (Wildman–Crippen MR) is 104 cm³/mol. The zero-order valence-corrected chi connectivity index (χ0v) is 16.8. The van der Waals surface area contributed by atoms with Crippen molar-refractivity contribution in [1.29, 1.82) is 0 Å². The van der Waals surface area contributed by atoms with Crippen molar-refractivity contribution >= 4 is 35.8 Å². The molecule has 0 aromatic carbocycles. The van der Waals surface area contributed by atoms with Gasteiger partial charge in [0.05, 0.1) is 6.54 Å². The quantitative estimate of drug-likeness (QED) is 0.275. The summed E-state index contributed by atoms with van der Waals surface area (Å²) >= 11 is 0. The normalized spacial score (nSPS) is 16.6. The minimum atomic E-state index is -0.339. The molecule has 1 aliphatic carbocycles. The maximum absolute atomic E-state index is 11.8. The zero-order valence-electron chi connectivity index (χ0n) is 14.5. The van der Waals surface area contributed by atoms with Gasteiger partial charge >= 0.3 is 0 Å². The Bertz CT molecular complexity index is 347. The highest BCUT2D eigenvalue weighted by Crippen LogP contribution is 2.17. The number of carbonyl (C=O) groups excluding carboxylic acids is 1. The Balaban J connectivity index is 0.00000441. The van der Waals surface area contributed by atoms with Crippen LogP contribution in [0.4, 0.5) is 0 Å². The first-order valence-corrected chi connectivity index (χ1v) is 8.26. The molecule has 0 radical (unpaired) electrons. The fourth-order valence-electron chi connectivity index (χ4n) is 2.36. The van der Waals surface area contributed by atoms with Gasteiger partial charge in [0, 0.05) is 24.5 Å². The maximum Gasteiger partial charge on any atom is 0.225 e. The Labute approximate surface area is 152 Å². The van der Waals surface area contributed by atoms with Crippen LogP contribution in [0, 0.1) is 5.41 Å². The Hall–Kier alpha value is -0.530. The SMILES string of the molecule is CCNC(=NCCNC(=O)C(C)(C)C)NC1CCCCC1.I. The molecule has 0 atom stereocenters. The molecule has 0 heterocycles. The molecule has 1 fully saturated rings. The second-order valence-corrected chi connectivity index (χ2v) is 6.75. The topological polar surface area (TPSA) is 65.5 Å². The zero-order chi connectivity index (χ0) is 15.7. The van der Waals surface area contributed by atoms with E-state index in [2.05, 4.69) is 27.9 Å². The highest BCUT2D eigenvalue weighted by Gasteiger charge is 2.20. The van der Waals surface area contributed by atoms with Gasteiger partial charge in [-0.15, -0.1) is 24.0 Å². The number of nitrogens with zero attached hydrogens (tertiary/aromatic N) is 1. The molecule has 130 valence electrons. The molecular weight excluding hydrogens is 391 g/mol. The van der Waals surface area contributed by atoms with E-state index in [1.54, 1.807) is 0 Å². The fourth-order valence-corrected chi connectivity index (χ4v) is 2.36. The average Bonchev–Trinajstić information content (AvgIpc) is 2.43. The minimum absolute atomic E-state index is 0. The van der Waals surface area contributed by atoms with Crippen LogP contribution in [0.2, 0.25) is 0 Å². The van der Waals surface area contributed by atoms with Crippen LogP contribution < -0.4 is 16.0 Å². The van der Waals surface area contributed by atoms with Gasteiger partial charge in [0.15, 0.2) is 5.96 Å². The van der Waals surface area contributed by atoms with Crippen molar-refractivity contribution in [3.8, 4) is 0 Å². The van der Waals surface area contributed by atoms with E-state index in [9.17, 15) is 4.79 Å². The van der Waals surface area contributed by atoms with Crippen LogP contribution in [0.25, 0.3) is 0 Å². The van der Waals surface area contributed by atoms with E-state index in [1.807, 2.05) is 20.8 Å². The summed E-state index contributed by atoms with van der Waals surface area (Å²) in [6, 6.07) is 0.542. The second-order valence-electron chi connectivity index (χ2n) is 6.75. The van der Waals surface area contributed by atoms with Crippen molar-refractivity contribution in [1.82, 2.24) is 16.0 Å². The van der Waals surface area contributed by atoms with Gasteiger partial charge in [-0.3, -0.25) is 9.79 Å². The third-order valence-electron chi connectivity index (χ3n) is 3.64. The number of halogens is 1. The van der Waals surface area contributed by atoms with Crippen molar-refractivity contribution in [2.24, 2.45) is 10.4 Å². The number of aliphatic imine (C=N–C) groups is 1. The Morgan fingerprint density at radius 2 is 1.77 bits per heavy atom. The monoisotopic (exact) mass is 424 g/mol. The molecular formula is C16H33IN4O. The molecule has 0 bridgehead atoms. The van der Waals surface area contributed by atoms with E-state index in [0.717, 1.165) is 12.5 Å². The number of carbonyl (C=O) groups is 1. The molecule has 0 aliphatic heterocycles. The number of rotatable bonds is 5. The third kappa shape index (κ3) is 8.80. The van der Waals surface area contributed by atoms with Crippen molar-refractivity contribution in [3.05, 3.63) is 0 Å². The molecule has 6 heteroatoms. The Kier molecular flexibility index (Phi) is 10.8. The first-order chi connectivity index (χ1) is 9.93. The van der Waals surface area contributed by atoms with Crippen LogP contribution in [0.3, 0.4) is 0 Å². The van der Waals surface area contributed by atoms with Gasteiger partial charge in [0.2, 0.25) is 5.91 Å². The third-order valence-corrected chi connectivity index (χ3v) is 3.64. The number of hydrogen-bond acceptors (Lipinski definition) is 2. The smallest absolute Gasteiger partial charge is 0.225 e. The standard InChI is InChI=1S/C16H32N4O.HI/c1-5-17-15(20-13-9-7-6-8-10-13)19-12-11-18-14(21)16(2,3)4;/h13H,5-12H2,1-4H3,(H,18,21)(H2,17,19,20);1H. The van der Waals surface area contributed by atoms with Crippen LogP contribution in [-0.4, -0.2) is 37.5 Å². The molecule has 0 aromatic heterocycles. The first kappa shape index (κ1) is 21.5. The van der Waals surface area contributed by atoms with Crippen LogP contribution in [0.5, 0.6) is 0 Å². The minimum Gasteiger partial charge on any atom is -0.357 e. The van der Waals surface area contributed by atoms with E-state index < -0.39 is 0 Å². The molecule has 1 amide bonds. The van der Waals surface area contributed by atoms with Gasteiger partial charge in [-0.1, -0.05) is 40.0 Å². The van der Waals surface area contributed by atoms with Crippen molar-refractivity contribution in [2.75, 3.05) is 19.6 Å². The molecule has 5 nitrogen and oxygen atoms in total. The number of nitrogens with one attached hydrogen (secondary N) is 3. The average molecular weight is 424 g/mol. The molecule has 1 rings (SSSR count). The Morgan fingerprint density at radius 3 is 2.32 bits per heavy atom. The van der Waals surface area contributed by atoms with E-state index in [0.29, 0.717) is 19.1 Å². The van der Waals surface area contributed by atoms with E-state index in [1.165, 1.54) is 32.1 Å². The fraction of sp³-hybridized carbons (Fsp3) is 0.875. The van der Waals surface area contributed by atoms with E-state index in [-0.39, 0.29) is 35.3 Å². The molecule has 0 spiro atoms. The summed E-state index contributed by atoms with van der Waals surface area (Å²) in [6.45, 7) is 9.86. The Morgan fingerprint density at radius 1 is 1.14 bits per heavy atom. The van der Waals surface area contributed by atoms with Crippen LogP contribution in [0.15, 0.2) is 4.99 Å². The molecule has 0 saturated heterocycles. The summed E-state index contributed by atoms with van der Waals surface area (Å²) in [5.74, 6) is 0.942. The van der Waals surface area contributed by atoms with Gasteiger partial charge in [-0.25, -0.2) is 0 Å². The van der Waals surface area contributed by atoms with E-state index in [4.69, 9.17) is 0 Å². The van der Waals surface area contributed by atoms with Gasteiger partial charge < -0.3 is 16.0 Å². The van der Waals surface area contributed by atoms with Gasteiger partial charge in [-0.05, 0) is 19.8 Å². The van der Waals surface area contributed by atoms with Crippen LogP contribution in [-0.2, 0) is 4.79 Å². The first-order valence-electron chi connectivity index (χ1n) is 8.26.